The molecule has 3 atom stereocenters. The van der Waals surface area contributed by atoms with E-state index in [9.17, 15) is 0 Å². The average molecular weight is 258 g/mol. The van der Waals surface area contributed by atoms with Gasteiger partial charge >= 0.3 is 0 Å². The molecule has 0 aromatic heterocycles. The van der Waals surface area contributed by atoms with Crippen LogP contribution in [-0.2, 0) is 12.8 Å². The monoisotopic (exact) mass is 258 g/mol. The number of nitrogens with two attached hydrogens (primary N) is 1. The van der Waals surface area contributed by atoms with Crippen LogP contribution < -0.4 is 5.73 Å². The molecule has 0 spiro atoms. The van der Waals surface area contributed by atoms with E-state index in [0.29, 0.717) is 6.04 Å². The summed E-state index contributed by atoms with van der Waals surface area (Å²) in [6.45, 7) is 0.859. The molecule has 2 N–H and O–H groups in total. The predicted octanol–water partition coefficient (Wildman–Crippen LogP) is 2.60. The molecule has 1 fully saturated rings. The van der Waals surface area contributed by atoms with Gasteiger partial charge in [0.25, 0.3) is 0 Å². The molecule has 2 aliphatic rings. The number of aryl methyl sites for hydroxylation is 1. The van der Waals surface area contributed by atoms with Crippen molar-refractivity contribution in [3.05, 3.63) is 35.4 Å². The summed E-state index contributed by atoms with van der Waals surface area (Å²) in [7, 11) is 2.33. The minimum Gasteiger partial charge on any atom is -0.330 e. The first-order chi connectivity index (χ1) is 9.29. The Balaban J connectivity index is 1.70. The largest absolute Gasteiger partial charge is 0.330 e. The molecule has 2 aliphatic carbocycles. The first-order valence-corrected chi connectivity index (χ1v) is 7.78. The fourth-order valence-corrected chi connectivity index (χ4v) is 4.13. The Kier molecular flexibility index (Phi) is 3.90. The zero-order valence-corrected chi connectivity index (χ0v) is 12.0. The van der Waals surface area contributed by atoms with E-state index < -0.39 is 0 Å². The first kappa shape index (κ1) is 13.1. The van der Waals surface area contributed by atoms with Gasteiger partial charge in [-0.05, 0) is 62.7 Å². The normalized spacial score (nSPS) is 30.6. The van der Waals surface area contributed by atoms with E-state index in [1.165, 1.54) is 38.5 Å². The van der Waals surface area contributed by atoms with Crippen LogP contribution in [0.4, 0.5) is 0 Å². The molecule has 0 heterocycles. The second kappa shape index (κ2) is 5.64. The van der Waals surface area contributed by atoms with Crippen LogP contribution in [0.25, 0.3) is 0 Å². The van der Waals surface area contributed by atoms with Crippen molar-refractivity contribution in [2.45, 2.75) is 50.6 Å². The van der Waals surface area contributed by atoms with Crippen LogP contribution in [0.3, 0.4) is 0 Å². The van der Waals surface area contributed by atoms with Crippen molar-refractivity contribution in [2.24, 2.45) is 11.7 Å². The third-order valence-corrected chi connectivity index (χ3v) is 5.34. The molecule has 0 radical (unpaired) electrons. The summed E-state index contributed by atoms with van der Waals surface area (Å²) in [4.78, 5) is 2.65. The highest BCUT2D eigenvalue weighted by atomic mass is 15.2. The molecular formula is C17H26N2. The second-order valence-electron chi connectivity index (χ2n) is 6.32. The Bertz CT molecular complexity index is 429. The number of benzene rings is 1. The van der Waals surface area contributed by atoms with E-state index in [2.05, 4.69) is 36.2 Å². The van der Waals surface area contributed by atoms with Crippen LogP contribution in [0, 0.1) is 5.92 Å². The fourth-order valence-electron chi connectivity index (χ4n) is 4.13. The topological polar surface area (TPSA) is 29.3 Å². The van der Waals surface area contributed by atoms with Gasteiger partial charge in [0.2, 0.25) is 0 Å². The third-order valence-electron chi connectivity index (χ3n) is 5.34. The van der Waals surface area contributed by atoms with E-state index in [4.69, 9.17) is 5.73 Å². The number of hydrogen-bond acceptors (Lipinski definition) is 2. The molecule has 1 aromatic carbocycles. The predicted molar refractivity (Wildman–Crippen MR) is 80.2 cm³/mol. The Morgan fingerprint density at radius 3 is 2.74 bits per heavy atom. The van der Waals surface area contributed by atoms with Gasteiger partial charge in [0.1, 0.15) is 0 Å². The molecule has 0 bridgehead atoms. The lowest BCUT2D eigenvalue weighted by atomic mass is 9.86. The lowest BCUT2D eigenvalue weighted by Gasteiger charge is -2.38. The highest BCUT2D eigenvalue weighted by Gasteiger charge is 2.33. The quantitative estimate of drug-likeness (QED) is 0.903. The summed E-state index contributed by atoms with van der Waals surface area (Å²) >= 11 is 0. The summed E-state index contributed by atoms with van der Waals surface area (Å²) in [5.41, 5.74) is 9.07. The smallest absolute Gasteiger partial charge is 0.0139 e. The van der Waals surface area contributed by atoms with Gasteiger partial charge < -0.3 is 5.73 Å². The van der Waals surface area contributed by atoms with Gasteiger partial charge in [-0.25, -0.2) is 0 Å². The second-order valence-corrected chi connectivity index (χ2v) is 6.32. The van der Waals surface area contributed by atoms with E-state index in [0.717, 1.165) is 18.5 Å². The van der Waals surface area contributed by atoms with Crippen LogP contribution >= 0.6 is 0 Å². The maximum atomic E-state index is 5.94. The SMILES string of the molecule is CN(C1CCc2ccccc2C1)C1CCCC1CN. The van der Waals surface area contributed by atoms with E-state index in [-0.39, 0.29) is 0 Å². The lowest BCUT2D eigenvalue weighted by molar-refractivity contribution is 0.131. The average Bonchev–Trinajstić information content (AvgIpc) is 2.94. The Labute approximate surface area is 117 Å². The van der Waals surface area contributed by atoms with Crippen molar-refractivity contribution in [1.29, 1.82) is 0 Å². The number of nitrogens with zero attached hydrogens (tertiary/aromatic N) is 1. The molecule has 3 rings (SSSR count). The molecule has 0 saturated heterocycles. The fraction of sp³-hybridized carbons (Fsp3) is 0.647. The molecule has 3 unspecified atom stereocenters. The van der Waals surface area contributed by atoms with Crippen LogP contribution in [0.1, 0.15) is 36.8 Å². The summed E-state index contributed by atoms with van der Waals surface area (Å²) in [5.74, 6) is 0.724. The highest BCUT2D eigenvalue weighted by Crippen LogP contribution is 2.32. The summed E-state index contributed by atoms with van der Waals surface area (Å²) in [5, 5.41) is 0. The minimum absolute atomic E-state index is 0.715. The summed E-state index contributed by atoms with van der Waals surface area (Å²) in [6.07, 6.45) is 7.80. The van der Waals surface area contributed by atoms with Crippen molar-refractivity contribution in [3.63, 3.8) is 0 Å². The number of fused-ring (bicyclic) bond motifs is 1. The van der Waals surface area contributed by atoms with Crippen molar-refractivity contribution in [1.82, 2.24) is 4.90 Å². The van der Waals surface area contributed by atoms with Gasteiger partial charge in [-0.15, -0.1) is 0 Å². The van der Waals surface area contributed by atoms with Crippen LogP contribution in [0.15, 0.2) is 24.3 Å². The van der Waals surface area contributed by atoms with Crippen molar-refractivity contribution in [2.75, 3.05) is 13.6 Å². The maximum absolute atomic E-state index is 5.94. The van der Waals surface area contributed by atoms with E-state index in [1.54, 1.807) is 11.1 Å². The van der Waals surface area contributed by atoms with Crippen LogP contribution in [0.5, 0.6) is 0 Å². The Morgan fingerprint density at radius 2 is 1.95 bits per heavy atom. The van der Waals surface area contributed by atoms with Crippen molar-refractivity contribution in [3.8, 4) is 0 Å². The summed E-state index contributed by atoms with van der Waals surface area (Å²) < 4.78 is 0. The number of hydrogen-bond donors (Lipinski definition) is 1. The zero-order valence-electron chi connectivity index (χ0n) is 12.0. The van der Waals surface area contributed by atoms with Crippen molar-refractivity contribution < 1.29 is 0 Å². The highest BCUT2D eigenvalue weighted by molar-refractivity contribution is 5.30. The molecule has 1 aromatic rings. The van der Waals surface area contributed by atoms with Gasteiger partial charge in [-0.3, -0.25) is 4.90 Å². The lowest BCUT2D eigenvalue weighted by Crippen LogP contribution is -2.46. The molecule has 0 aliphatic heterocycles. The summed E-state index contributed by atoms with van der Waals surface area (Å²) in [6, 6.07) is 10.4. The first-order valence-electron chi connectivity index (χ1n) is 7.78. The van der Waals surface area contributed by atoms with Crippen molar-refractivity contribution >= 4 is 0 Å². The molecule has 19 heavy (non-hydrogen) atoms. The molecular weight excluding hydrogens is 232 g/mol. The number of rotatable bonds is 3. The Morgan fingerprint density at radius 1 is 1.16 bits per heavy atom. The molecule has 2 nitrogen and oxygen atoms in total. The molecule has 104 valence electrons. The van der Waals surface area contributed by atoms with Gasteiger partial charge in [-0.1, -0.05) is 30.7 Å². The van der Waals surface area contributed by atoms with Crippen LogP contribution in [0.2, 0.25) is 0 Å². The maximum Gasteiger partial charge on any atom is 0.0139 e. The Hall–Kier alpha value is -0.860. The van der Waals surface area contributed by atoms with Gasteiger partial charge in [0, 0.05) is 12.1 Å². The van der Waals surface area contributed by atoms with Gasteiger partial charge in [0.05, 0.1) is 0 Å². The minimum atomic E-state index is 0.715. The zero-order chi connectivity index (χ0) is 13.2. The third kappa shape index (κ3) is 2.56. The standard InChI is InChI=1S/C17H26N2/c1-19(17-8-4-7-15(17)12-18)16-10-9-13-5-2-3-6-14(13)11-16/h2-3,5-6,15-17H,4,7-12,18H2,1H3. The van der Waals surface area contributed by atoms with Gasteiger partial charge in [-0.2, -0.15) is 0 Å². The molecule has 0 amide bonds. The number of likely N-dealkylation sites (N-methyl/N-ethyl adjacent to an activating group) is 1. The van der Waals surface area contributed by atoms with E-state index >= 15 is 0 Å². The van der Waals surface area contributed by atoms with Gasteiger partial charge in [0.15, 0.2) is 0 Å². The van der Waals surface area contributed by atoms with Crippen LogP contribution in [-0.4, -0.2) is 30.6 Å². The molecule has 1 saturated carbocycles. The van der Waals surface area contributed by atoms with E-state index in [1.807, 2.05) is 0 Å². The molecule has 2 heteroatoms.